The lowest BCUT2D eigenvalue weighted by atomic mass is 9.97. The van der Waals surface area contributed by atoms with Crippen molar-refractivity contribution in [1.82, 2.24) is 15.5 Å². The minimum absolute atomic E-state index is 0. The molecule has 1 aromatic rings. The van der Waals surface area contributed by atoms with Crippen LogP contribution >= 0.6 is 12.4 Å². The maximum Gasteiger partial charge on any atom is 0.319 e. The fraction of sp³-hybridized carbons (Fsp3) is 0.556. The number of likely N-dealkylation sites (tertiary alicyclic amines) is 1. The van der Waals surface area contributed by atoms with Gasteiger partial charge in [-0.1, -0.05) is 6.07 Å². The van der Waals surface area contributed by atoms with Crippen LogP contribution < -0.4 is 16.0 Å². The lowest BCUT2D eigenvalue weighted by molar-refractivity contribution is -0.147. The van der Waals surface area contributed by atoms with Crippen molar-refractivity contribution >= 4 is 30.0 Å². The Bertz CT molecular complexity index is 643. The monoisotopic (exact) mass is 400 g/mol. The molecular weight excluding hydrogens is 375 g/mol. The van der Waals surface area contributed by atoms with Crippen LogP contribution in [0.3, 0.4) is 0 Å². The lowest BCUT2D eigenvalue weighted by Crippen LogP contribution is -2.52. The summed E-state index contributed by atoms with van der Waals surface area (Å²) in [6.07, 6.45) is 1.45. The average molecular weight is 401 g/mol. The minimum Gasteiger partial charge on any atom is -0.366 e. The summed E-state index contributed by atoms with van der Waals surface area (Å²) in [6, 6.07) is 5.37. The van der Waals surface area contributed by atoms with Crippen molar-refractivity contribution in [3.05, 3.63) is 30.1 Å². The second-order valence-electron chi connectivity index (χ2n) is 6.70. The fourth-order valence-corrected chi connectivity index (χ4v) is 3.34. The fourth-order valence-electron chi connectivity index (χ4n) is 3.34. The molecule has 3 amide bonds. The highest BCUT2D eigenvalue weighted by Crippen LogP contribution is 2.18. The number of morpholine rings is 1. The predicted molar refractivity (Wildman–Crippen MR) is 103 cm³/mol. The molecule has 9 heteroatoms. The van der Waals surface area contributed by atoms with Gasteiger partial charge in [0.15, 0.2) is 0 Å². The molecule has 1 aromatic carbocycles. The third-order valence-corrected chi connectivity index (χ3v) is 4.67. The van der Waals surface area contributed by atoms with Gasteiger partial charge >= 0.3 is 6.03 Å². The van der Waals surface area contributed by atoms with E-state index in [1.807, 2.05) is 4.90 Å². The number of urea groups is 1. The van der Waals surface area contributed by atoms with Crippen LogP contribution in [0.15, 0.2) is 24.3 Å². The Kier molecular flexibility index (Phi) is 8.27. The minimum atomic E-state index is -0.410. The van der Waals surface area contributed by atoms with Gasteiger partial charge in [-0.05, 0) is 37.0 Å². The molecule has 150 valence electrons. The number of amides is 3. The molecule has 7 nitrogen and oxygen atoms in total. The summed E-state index contributed by atoms with van der Waals surface area (Å²) in [4.78, 5) is 26.3. The highest BCUT2D eigenvalue weighted by atomic mass is 35.5. The van der Waals surface area contributed by atoms with Gasteiger partial charge in [-0.3, -0.25) is 4.79 Å². The van der Waals surface area contributed by atoms with Crippen LogP contribution in [-0.2, 0) is 9.53 Å². The standard InChI is InChI=1S/C18H25FN4O3.ClH/c19-14-4-1-5-15(9-14)22-18(25)21-10-13-3-2-7-23(12-13)17(24)16-11-20-6-8-26-16;/h1,4-5,9,13,16,20H,2-3,6-8,10-12H2,(H2,21,22,25);1H. The van der Waals surface area contributed by atoms with Crippen molar-refractivity contribution in [2.45, 2.75) is 18.9 Å². The molecular formula is C18H26ClFN4O3. The van der Waals surface area contributed by atoms with Gasteiger partial charge in [0.2, 0.25) is 0 Å². The van der Waals surface area contributed by atoms with Crippen LogP contribution in [-0.4, -0.2) is 62.3 Å². The quantitative estimate of drug-likeness (QED) is 0.717. The van der Waals surface area contributed by atoms with Gasteiger partial charge < -0.3 is 25.6 Å². The number of halogens is 2. The largest absolute Gasteiger partial charge is 0.366 e. The van der Waals surface area contributed by atoms with Crippen LogP contribution in [0, 0.1) is 11.7 Å². The summed E-state index contributed by atoms with van der Waals surface area (Å²) in [7, 11) is 0. The van der Waals surface area contributed by atoms with E-state index in [4.69, 9.17) is 4.74 Å². The molecule has 2 aliphatic heterocycles. The zero-order valence-corrected chi connectivity index (χ0v) is 15.9. The molecule has 2 aliphatic rings. The van der Waals surface area contributed by atoms with Crippen molar-refractivity contribution < 1.29 is 18.7 Å². The predicted octanol–water partition coefficient (Wildman–Crippen LogP) is 1.60. The number of ether oxygens (including phenoxy) is 1. The van der Waals surface area contributed by atoms with Gasteiger partial charge in [-0.25, -0.2) is 9.18 Å². The zero-order valence-electron chi connectivity index (χ0n) is 15.1. The Balaban J connectivity index is 0.00000261. The van der Waals surface area contributed by atoms with Crippen LogP contribution in [0.1, 0.15) is 12.8 Å². The number of hydrogen-bond acceptors (Lipinski definition) is 4. The molecule has 2 saturated heterocycles. The van der Waals surface area contributed by atoms with Gasteiger partial charge in [-0.15, -0.1) is 12.4 Å². The third kappa shape index (κ3) is 6.34. The van der Waals surface area contributed by atoms with Crippen LogP contribution in [0.5, 0.6) is 0 Å². The summed E-state index contributed by atoms with van der Waals surface area (Å²) >= 11 is 0. The molecule has 0 saturated carbocycles. The molecule has 0 bridgehead atoms. The maximum atomic E-state index is 13.1. The van der Waals surface area contributed by atoms with Crippen molar-refractivity contribution in [1.29, 1.82) is 0 Å². The Labute approximate surface area is 164 Å². The van der Waals surface area contributed by atoms with E-state index in [1.165, 1.54) is 18.2 Å². The molecule has 0 aromatic heterocycles. The molecule has 2 heterocycles. The summed E-state index contributed by atoms with van der Waals surface area (Å²) < 4.78 is 18.7. The normalized spacial score (nSPS) is 22.5. The second-order valence-corrected chi connectivity index (χ2v) is 6.70. The van der Waals surface area contributed by atoms with E-state index in [2.05, 4.69) is 16.0 Å². The highest BCUT2D eigenvalue weighted by molar-refractivity contribution is 5.89. The number of carbonyl (C=O) groups is 2. The van der Waals surface area contributed by atoms with Crippen LogP contribution in [0.25, 0.3) is 0 Å². The molecule has 2 unspecified atom stereocenters. The second kappa shape index (κ2) is 10.4. The maximum absolute atomic E-state index is 13.1. The van der Waals surface area contributed by atoms with Crippen molar-refractivity contribution in [2.75, 3.05) is 44.6 Å². The molecule has 0 aliphatic carbocycles. The molecule has 0 radical (unpaired) electrons. The molecule has 3 rings (SSSR count). The SMILES string of the molecule is Cl.O=C(NCC1CCCN(C(=O)C2CNCCO2)C1)Nc1cccc(F)c1. The Hall–Kier alpha value is -1.90. The average Bonchev–Trinajstić information content (AvgIpc) is 2.67. The van der Waals surface area contributed by atoms with Crippen molar-refractivity contribution in [2.24, 2.45) is 5.92 Å². The van der Waals surface area contributed by atoms with Gasteiger partial charge in [0.05, 0.1) is 6.61 Å². The summed E-state index contributed by atoms with van der Waals surface area (Å²) in [5.41, 5.74) is 0.407. The van der Waals surface area contributed by atoms with Gasteiger partial charge in [0, 0.05) is 38.4 Å². The number of nitrogens with zero attached hydrogens (tertiary/aromatic N) is 1. The smallest absolute Gasteiger partial charge is 0.319 e. The number of rotatable bonds is 4. The Morgan fingerprint density at radius 2 is 2.22 bits per heavy atom. The number of piperidine rings is 1. The summed E-state index contributed by atoms with van der Waals surface area (Å²) in [5.74, 6) is -0.183. The van der Waals surface area contributed by atoms with E-state index in [0.29, 0.717) is 31.9 Å². The number of anilines is 1. The number of nitrogens with one attached hydrogen (secondary N) is 3. The van der Waals surface area contributed by atoms with E-state index < -0.39 is 11.9 Å². The molecule has 3 N–H and O–H groups in total. The van der Waals surface area contributed by atoms with E-state index in [0.717, 1.165) is 25.9 Å². The first-order valence-corrected chi connectivity index (χ1v) is 9.03. The molecule has 0 spiro atoms. The van der Waals surface area contributed by atoms with Gasteiger partial charge in [0.1, 0.15) is 11.9 Å². The Morgan fingerprint density at radius 1 is 1.37 bits per heavy atom. The lowest BCUT2D eigenvalue weighted by Gasteiger charge is -2.36. The molecule has 2 atom stereocenters. The van der Waals surface area contributed by atoms with E-state index in [9.17, 15) is 14.0 Å². The molecule has 2 fully saturated rings. The Morgan fingerprint density at radius 3 is 2.96 bits per heavy atom. The summed E-state index contributed by atoms with van der Waals surface area (Å²) in [5, 5.41) is 8.58. The van der Waals surface area contributed by atoms with E-state index in [-0.39, 0.29) is 30.3 Å². The number of hydrogen-bond donors (Lipinski definition) is 3. The number of carbonyl (C=O) groups excluding carboxylic acids is 2. The zero-order chi connectivity index (χ0) is 18.4. The third-order valence-electron chi connectivity index (χ3n) is 4.67. The summed E-state index contributed by atoms with van der Waals surface area (Å²) in [6.45, 7) is 3.68. The van der Waals surface area contributed by atoms with E-state index >= 15 is 0 Å². The first-order chi connectivity index (χ1) is 12.6. The topological polar surface area (TPSA) is 82.7 Å². The number of benzene rings is 1. The van der Waals surface area contributed by atoms with Crippen LogP contribution in [0.4, 0.5) is 14.9 Å². The first-order valence-electron chi connectivity index (χ1n) is 9.03. The van der Waals surface area contributed by atoms with Gasteiger partial charge in [-0.2, -0.15) is 0 Å². The van der Waals surface area contributed by atoms with Crippen molar-refractivity contribution in [3.63, 3.8) is 0 Å². The van der Waals surface area contributed by atoms with Crippen molar-refractivity contribution in [3.8, 4) is 0 Å². The van der Waals surface area contributed by atoms with Gasteiger partial charge in [0.25, 0.3) is 5.91 Å². The van der Waals surface area contributed by atoms with Crippen LogP contribution in [0.2, 0.25) is 0 Å². The van der Waals surface area contributed by atoms with E-state index in [1.54, 1.807) is 6.07 Å². The first kappa shape index (κ1) is 21.4. The molecule has 27 heavy (non-hydrogen) atoms. The highest BCUT2D eigenvalue weighted by Gasteiger charge is 2.30.